The first kappa shape index (κ1) is 18.9. The van der Waals surface area contributed by atoms with Crippen LogP contribution in [-0.2, 0) is 0 Å². The highest BCUT2D eigenvalue weighted by molar-refractivity contribution is 5.89. The molecule has 1 saturated heterocycles. The predicted octanol–water partition coefficient (Wildman–Crippen LogP) is 4.23. The van der Waals surface area contributed by atoms with Gasteiger partial charge >= 0.3 is 0 Å². The van der Waals surface area contributed by atoms with Gasteiger partial charge in [-0.2, -0.15) is 0 Å². The van der Waals surface area contributed by atoms with E-state index in [0.717, 1.165) is 36.5 Å². The smallest absolute Gasteiger partial charge is 0.132 e. The highest BCUT2D eigenvalue weighted by atomic mass is 16.5. The van der Waals surface area contributed by atoms with E-state index in [-0.39, 0.29) is 6.10 Å². The van der Waals surface area contributed by atoms with Gasteiger partial charge in [-0.1, -0.05) is 23.4 Å². The van der Waals surface area contributed by atoms with Crippen LogP contribution in [0.5, 0.6) is 5.75 Å². The number of likely N-dealkylation sites (N-methyl/N-ethyl adjacent to an activating group) is 1. The molecule has 6 nitrogen and oxygen atoms in total. The van der Waals surface area contributed by atoms with Crippen molar-refractivity contribution in [3.8, 4) is 11.4 Å². The van der Waals surface area contributed by atoms with E-state index in [4.69, 9.17) is 4.74 Å². The summed E-state index contributed by atoms with van der Waals surface area (Å²) >= 11 is 0. The molecule has 30 heavy (non-hydrogen) atoms. The second kappa shape index (κ2) is 7.61. The second-order valence-corrected chi connectivity index (χ2v) is 8.36. The number of piperidine rings is 1. The summed E-state index contributed by atoms with van der Waals surface area (Å²) in [5, 5.41) is 9.15. The number of nitrogens with zero attached hydrogens (tertiary/aromatic N) is 4. The van der Waals surface area contributed by atoms with Crippen LogP contribution in [0.25, 0.3) is 16.6 Å². The number of aromatic amines is 1. The van der Waals surface area contributed by atoms with Gasteiger partial charge in [0, 0.05) is 30.6 Å². The van der Waals surface area contributed by atoms with Crippen LogP contribution in [0.15, 0.2) is 55.0 Å². The fourth-order valence-electron chi connectivity index (χ4n) is 4.64. The van der Waals surface area contributed by atoms with Gasteiger partial charge in [-0.05, 0) is 62.2 Å². The van der Waals surface area contributed by atoms with E-state index >= 15 is 0 Å². The van der Waals surface area contributed by atoms with Crippen LogP contribution >= 0.6 is 0 Å². The summed E-state index contributed by atoms with van der Waals surface area (Å²) in [6, 6.07) is 13.0. The number of ether oxygens (including phenoxy) is 1. The molecule has 2 aromatic heterocycles. The molecule has 4 aromatic rings. The normalized spacial score (nSPS) is 20.0. The molecule has 1 fully saturated rings. The second-order valence-electron chi connectivity index (χ2n) is 8.36. The van der Waals surface area contributed by atoms with Gasteiger partial charge in [0.2, 0.25) is 0 Å². The molecule has 0 saturated carbocycles. The number of hydrogen-bond donors (Lipinski definition) is 1. The maximum atomic E-state index is 6.76. The minimum Gasteiger partial charge on any atom is -0.489 e. The Morgan fingerprint density at radius 2 is 1.93 bits per heavy atom. The van der Waals surface area contributed by atoms with E-state index in [1.165, 1.54) is 22.1 Å². The van der Waals surface area contributed by atoms with Crippen molar-refractivity contribution in [2.45, 2.75) is 32.3 Å². The number of aryl methyl sites for hydroxylation is 2. The molecule has 0 aliphatic carbocycles. The average Bonchev–Trinajstić information content (AvgIpc) is 3.44. The number of nitrogens with one attached hydrogen (secondary N) is 1. The SMILES string of the molecule is Cc1cc(C)c2[nH]ccc2c1O[C@@H]1CCN(C)C[C@H]1c1ccc(-n2ccnn2)cc1. The zero-order valence-electron chi connectivity index (χ0n) is 17.7. The summed E-state index contributed by atoms with van der Waals surface area (Å²) in [6.07, 6.45) is 6.69. The molecule has 0 bridgehead atoms. The van der Waals surface area contributed by atoms with Crippen LogP contribution in [0, 0.1) is 13.8 Å². The Hall–Kier alpha value is -3.12. The third-order valence-corrected chi connectivity index (χ3v) is 6.21. The van der Waals surface area contributed by atoms with E-state index in [2.05, 4.69) is 77.5 Å². The molecular weight excluding hydrogens is 374 g/mol. The van der Waals surface area contributed by atoms with Gasteiger partial charge < -0.3 is 14.6 Å². The molecule has 3 heterocycles. The molecule has 0 radical (unpaired) electrons. The number of hydrogen-bond acceptors (Lipinski definition) is 4. The Balaban J connectivity index is 1.46. The summed E-state index contributed by atoms with van der Waals surface area (Å²) in [5.74, 6) is 1.32. The van der Waals surface area contributed by atoms with Gasteiger partial charge in [-0.15, -0.1) is 5.10 Å². The molecule has 2 atom stereocenters. The Morgan fingerprint density at radius 3 is 2.70 bits per heavy atom. The quantitative estimate of drug-likeness (QED) is 0.556. The summed E-state index contributed by atoms with van der Waals surface area (Å²) in [6.45, 7) is 6.31. The fourth-order valence-corrected chi connectivity index (χ4v) is 4.64. The van der Waals surface area contributed by atoms with Crippen LogP contribution in [-0.4, -0.2) is 51.1 Å². The van der Waals surface area contributed by atoms with Crippen LogP contribution in [0.4, 0.5) is 0 Å². The van der Waals surface area contributed by atoms with Crippen LogP contribution in [0.3, 0.4) is 0 Å². The predicted molar refractivity (Wildman–Crippen MR) is 118 cm³/mol. The largest absolute Gasteiger partial charge is 0.489 e. The van der Waals surface area contributed by atoms with Gasteiger partial charge in [-0.3, -0.25) is 0 Å². The van der Waals surface area contributed by atoms with Crippen molar-refractivity contribution in [1.29, 1.82) is 0 Å². The molecule has 0 unspecified atom stereocenters. The van der Waals surface area contributed by atoms with E-state index < -0.39 is 0 Å². The molecular formula is C24H27N5O. The van der Waals surface area contributed by atoms with Gasteiger partial charge in [0.25, 0.3) is 0 Å². The monoisotopic (exact) mass is 401 g/mol. The molecule has 1 N–H and O–H groups in total. The van der Waals surface area contributed by atoms with E-state index in [1.54, 1.807) is 10.9 Å². The number of aromatic nitrogens is 4. The fraction of sp³-hybridized carbons (Fsp3) is 0.333. The van der Waals surface area contributed by atoms with Gasteiger partial charge in [0.05, 0.1) is 23.6 Å². The summed E-state index contributed by atoms with van der Waals surface area (Å²) in [7, 11) is 2.19. The Bertz CT molecular complexity index is 1150. The van der Waals surface area contributed by atoms with Crippen LogP contribution < -0.4 is 4.74 Å². The summed E-state index contributed by atoms with van der Waals surface area (Å²) < 4.78 is 8.54. The first-order valence-electron chi connectivity index (χ1n) is 10.5. The van der Waals surface area contributed by atoms with Crippen LogP contribution in [0.2, 0.25) is 0 Å². The summed E-state index contributed by atoms with van der Waals surface area (Å²) in [4.78, 5) is 5.75. The third-order valence-electron chi connectivity index (χ3n) is 6.21. The van der Waals surface area contributed by atoms with Gasteiger partial charge in [0.15, 0.2) is 0 Å². The molecule has 5 rings (SSSR count). The lowest BCUT2D eigenvalue weighted by Gasteiger charge is -2.37. The minimum absolute atomic E-state index is 0.137. The zero-order valence-corrected chi connectivity index (χ0v) is 17.7. The lowest BCUT2D eigenvalue weighted by atomic mass is 9.87. The minimum atomic E-state index is 0.137. The standard InChI is InChI=1S/C24H27N5O/c1-16-14-17(2)24(20-8-10-25-23(16)20)30-22-9-12-28(3)15-21(22)18-4-6-19(7-5-18)29-13-11-26-27-29/h4-8,10-11,13-14,21-22,25H,9,12,15H2,1-3H3/t21-,22+/m0/s1. The third kappa shape index (κ3) is 3.37. The zero-order chi connectivity index (χ0) is 20.7. The molecule has 0 spiro atoms. The molecule has 0 amide bonds. The maximum Gasteiger partial charge on any atom is 0.132 e. The molecule has 1 aliphatic heterocycles. The van der Waals surface area contributed by atoms with Gasteiger partial charge in [0.1, 0.15) is 11.9 Å². The van der Waals surface area contributed by atoms with Crippen molar-refractivity contribution in [2.24, 2.45) is 0 Å². The van der Waals surface area contributed by atoms with Crippen molar-refractivity contribution in [3.05, 3.63) is 71.7 Å². The Morgan fingerprint density at radius 1 is 1.10 bits per heavy atom. The van der Waals surface area contributed by atoms with E-state index in [0.29, 0.717) is 5.92 Å². The number of benzene rings is 2. The molecule has 1 aliphatic rings. The van der Waals surface area contributed by atoms with E-state index in [9.17, 15) is 0 Å². The number of likely N-dealkylation sites (tertiary alicyclic amines) is 1. The molecule has 2 aromatic carbocycles. The van der Waals surface area contributed by atoms with Crippen LogP contribution in [0.1, 0.15) is 29.0 Å². The highest BCUT2D eigenvalue weighted by Gasteiger charge is 2.31. The average molecular weight is 402 g/mol. The van der Waals surface area contributed by atoms with Crippen molar-refractivity contribution in [1.82, 2.24) is 24.9 Å². The van der Waals surface area contributed by atoms with Crippen molar-refractivity contribution in [2.75, 3.05) is 20.1 Å². The van der Waals surface area contributed by atoms with Crippen molar-refractivity contribution >= 4 is 10.9 Å². The molecule has 6 heteroatoms. The Labute approximate surface area is 176 Å². The Kier molecular flexibility index (Phi) is 4.79. The number of rotatable bonds is 4. The number of fused-ring (bicyclic) bond motifs is 1. The molecule has 154 valence electrons. The highest BCUT2D eigenvalue weighted by Crippen LogP contribution is 2.36. The lowest BCUT2D eigenvalue weighted by molar-refractivity contribution is 0.0909. The lowest BCUT2D eigenvalue weighted by Crippen LogP contribution is -2.42. The van der Waals surface area contributed by atoms with Gasteiger partial charge in [-0.25, -0.2) is 4.68 Å². The first-order valence-corrected chi connectivity index (χ1v) is 10.5. The first-order chi connectivity index (χ1) is 14.6. The number of H-pyrrole nitrogens is 1. The summed E-state index contributed by atoms with van der Waals surface area (Å²) in [5.41, 5.74) is 5.92. The van der Waals surface area contributed by atoms with Crippen molar-refractivity contribution < 1.29 is 4.74 Å². The maximum absolute atomic E-state index is 6.76. The topological polar surface area (TPSA) is 59.0 Å². The van der Waals surface area contributed by atoms with E-state index in [1.807, 2.05) is 12.4 Å². The van der Waals surface area contributed by atoms with Crippen molar-refractivity contribution in [3.63, 3.8) is 0 Å².